The summed E-state index contributed by atoms with van der Waals surface area (Å²) in [6.07, 6.45) is 12.7. The van der Waals surface area contributed by atoms with Crippen LogP contribution in [0.3, 0.4) is 0 Å². The molecule has 0 N–H and O–H groups in total. The molecule has 0 heterocycles. The van der Waals surface area contributed by atoms with Gasteiger partial charge in [-0.05, 0) is 12.5 Å². The molecule has 0 amide bonds. The van der Waals surface area contributed by atoms with Crippen molar-refractivity contribution in [2.24, 2.45) is 0 Å². The number of hydrogen-bond acceptors (Lipinski definition) is 1. The van der Waals surface area contributed by atoms with E-state index in [1.165, 1.54) is 0 Å². The highest BCUT2D eigenvalue weighted by Gasteiger charge is 2.04. The van der Waals surface area contributed by atoms with Crippen LogP contribution in [0.1, 0.15) is 13.3 Å². The molecule has 16 heavy (non-hydrogen) atoms. The van der Waals surface area contributed by atoms with Crippen LogP contribution in [0.15, 0.2) is 73.4 Å². The molecule has 0 atom stereocenters. The lowest BCUT2D eigenvalue weighted by atomic mass is 10.0. The van der Waals surface area contributed by atoms with Gasteiger partial charge in [0.15, 0.2) is 5.78 Å². The summed E-state index contributed by atoms with van der Waals surface area (Å²) in [5.74, 6) is -0.0202. The number of allylic oxidation sites excluding steroid dienone is 9. The predicted octanol–water partition coefficient (Wildman–Crippen LogP) is 3.93. The van der Waals surface area contributed by atoms with Crippen LogP contribution in [0.4, 0.5) is 0 Å². The van der Waals surface area contributed by atoms with Crippen LogP contribution in [-0.4, -0.2) is 5.78 Å². The molecular weight excluding hydrogens is 196 g/mol. The van der Waals surface area contributed by atoms with E-state index in [1.807, 2.05) is 31.2 Å². The zero-order valence-electron chi connectivity index (χ0n) is 9.78. The van der Waals surface area contributed by atoms with Gasteiger partial charge in [-0.2, -0.15) is 0 Å². The average molecular weight is 214 g/mol. The Kier molecular flexibility index (Phi) is 7.43. The maximum absolute atomic E-state index is 11.6. The Hall–Kier alpha value is -1.89. The second-order valence-corrected chi connectivity index (χ2v) is 3.26. The lowest BCUT2D eigenvalue weighted by Crippen LogP contribution is -1.99. The molecule has 0 aliphatic carbocycles. The minimum absolute atomic E-state index is 0.0202. The standard InChI is InChI=1S/C15H18O/c1-5-7-9-10-13(3)12-15(16)14(4)11-8-6-2/h5-11H,2-4,12H2,1H3/b7-5-,10-9-,11-8-. The first-order valence-electron chi connectivity index (χ1n) is 5.10. The molecule has 0 unspecified atom stereocenters. The van der Waals surface area contributed by atoms with Gasteiger partial charge in [-0.15, -0.1) is 0 Å². The normalized spacial score (nSPS) is 11.3. The van der Waals surface area contributed by atoms with Crippen LogP contribution in [-0.2, 0) is 4.79 Å². The van der Waals surface area contributed by atoms with E-state index in [1.54, 1.807) is 18.2 Å². The Labute approximate surface area is 97.9 Å². The molecule has 0 saturated heterocycles. The van der Waals surface area contributed by atoms with Gasteiger partial charge in [0.05, 0.1) is 0 Å². The van der Waals surface area contributed by atoms with Gasteiger partial charge in [0.25, 0.3) is 0 Å². The monoisotopic (exact) mass is 214 g/mol. The summed E-state index contributed by atoms with van der Waals surface area (Å²) in [4.78, 5) is 11.6. The average Bonchev–Trinajstić information content (AvgIpc) is 2.26. The molecule has 0 radical (unpaired) electrons. The minimum Gasteiger partial charge on any atom is -0.294 e. The van der Waals surface area contributed by atoms with Gasteiger partial charge in [0.2, 0.25) is 0 Å². The Balaban J connectivity index is 4.24. The Morgan fingerprint density at radius 3 is 2.38 bits per heavy atom. The molecular formula is C15H18O. The highest BCUT2D eigenvalue weighted by Crippen LogP contribution is 2.07. The van der Waals surface area contributed by atoms with Gasteiger partial charge in [0.1, 0.15) is 0 Å². The summed E-state index contributed by atoms with van der Waals surface area (Å²) in [7, 11) is 0. The van der Waals surface area contributed by atoms with Crippen molar-refractivity contribution in [3.8, 4) is 0 Å². The molecule has 84 valence electrons. The Morgan fingerprint density at radius 1 is 1.12 bits per heavy atom. The van der Waals surface area contributed by atoms with E-state index in [4.69, 9.17) is 0 Å². The van der Waals surface area contributed by atoms with E-state index in [0.29, 0.717) is 12.0 Å². The van der Waals surface area contributed by atoms with Gasteiger partial charge < -0.3 is 0 Å². The van der Waals surface area contributed by atoms with Crippen molar-refractivity contribution in [2.75, 3.05) is 0 Å². The third-order valence-corrected chi connectivity index (χ3v) is 1.81. The second-order valence-electron chi connectivity index (χ2n) is 3.26. The largest absolute Gasteiger partial charge is 0.294 e. The van der Waals surface area contributed by atoms with Crippen LogP contribution < -0.4 is 0 Å². The molecule has 1 heteroatoms. The van der Waals surface area contributed by atoms with Crippen LogP contribution >= 0.6 is 0 Å². The lowest BCUT2D eigenvalue weighted by molar-refractivity contribution is -0.114. The number of carbonyl (C=O) groups excluding carboxylic acids is 1. The molecule has 0 aliphatic heterocycles. The maximum Gasteiger partial charge on any atom is 0.166 e. The van der Waals surface area contributed by atoms with E-state index < -0.39 is 0 Å². The molecule has 0 bridgehead atoms. The third kappa shape index (κ3) is 6.55. The molecule has 0 rings (SSSR count). The fourth-order valence-corrected chi connectivity index (χ4v) is 0.959. The number of ketones is 1. The van der Waals surface area contributed by atoms with Gasteiger partial charge in [0, 0.05) is 12.0 Å². The van der Waals surface area contributed by atoms with Crippen molar-refractivity contribution in [1.29, 1.82) is 0 Å². The highest BCUT2D eigenvalue weighted by molar-refractivity contribution is 5.99. The van der Waals surface area contributed by atoms with Crippen molar-refractivity contribution >= 4 is 5.78 Å². The molecule has 0 aromatic carbocycles. The first-order valence-corrected chi connectivity index (χ1v) is 5.10. The Bertz CT molecular complexity index is 365. The summed E-state index contributed by atoms with van der Waals surface area (Å²) in [6.45, 7) is 12.9. The first kappa shape index (κ1) is 14.1. The highest BCUT2D eigenvalue weighted by atomic mass is 16.1. The van der Waals surface area contributed by atoms with Crippen molar-refractivity contribution in [3.05, 3.63) is 73.4 Å². The SMILES string of the molecule is C=C/C=C\C(=C)C(=O)CC(=C)/C=C\C=C/C. The summed E-state index contributed by atoms with van der Waals surface area (Å²) in [5, 5.41) is 0. The first-order chi connectivity index (χ1) is 7.61. The molecule has 0 spiro atoms. The summed E-state index contributed by atoms with van der Waals surface area (Å²) in [5.41, 5.74) is 1.25. The fraction of sp³-hybridized carbons (Fsp3) is 0.133. The van der Waals surface area contributed by atoms with Crippen molar-refractivity contribution in [2.45, 2.75) is 13.3 Å². The Morgan fingerprint density at radius 2 is 1.81 bits per heavy atom. The van der Waals surface area contributed by atoms with Crippen LogP contribution in [0.2, 0.25) is 0 Å². The molecule has 0 fully saturated rings. The summed E-state index contributed by atoms with van der Waals surface area (Å²) >= 11 is 0. The smallest absolute Gasteiger partial charge is 0.166 e. The topological polar surface area (TPSA) is 17.1 Å². The fourth-order valence-electron chi connectivity index (χ4n) is 0.959. The molecule has 1 nitrogen and oxygen atoms in total. The van der Waals surface area contributed by atoms with E-state index in [-0.39, 0.29) is 5.78 Å². The third-order valence-electron chi connectivity index (χ3n) is 1.81. The lowest BCUT2D eigenvalue weighted by Gasteiger charge is -1.99. The number of hydrogen-bond donors (Lipinski definition) is 0. The van der Waals surface area contributed by atoms with Gasteiger partial charge in [-0.3, -0.25) is 4.79 Å². The molecule has 0 saturated carbocycles. The number of Topliss-reactive ketones (excluding diaryl/α,β-unsaturated/α-hetero) is 1. The van der Waals surface area contributed by atoms with Crippen molar-refractivity contribution in [3.63, 3.8) is 0 Å². The van der Waals surface area contributed by atoms with Crippen molar-refractivity contribution in [1.82, 2.24) is 0 Å². The van der Waals surface area contributed by atoms with Crippen LogP contribution in [0.5, 0.6) is 0 Å². The number of carbonyl (C=O) groups is 1. The quantitative estimate of drug-likeness (QED) is 0.463. The minimum atomic E-state index is -0.0202. The molecule has 0 aromatic rings. The van der Waals surface area contributed by atoms with E-state index in [0.717, 1.165) is 5.57 Å². The predicted molar refractivity (Wildman–Crippen MR) is 71.2 cm³/mol. The van der Waals surface area contributed by atoms with E-state index in [2.05, 4.69) is 19.7 Å². The van der Waals surface area contributed by atoms with Crippen LogP contribution in [0.25, 0.3) is 0 Å². The molecule has 0 aliphatic rings. The van der Waals surface area contributed by atoms with E-state index in [9.17, 15) is 4.79 Å². The van der Waals surface area contributed by atoms with Gasteiger partial charge >= 0.3 is 0 Å². The maximum atomic E-state index is 11.6. The van der Waals surface area contributed by atoms with Crippen LogP contribution in [0, 0.1) is 0 Å². The number of rotatable bonds is 7. The second kappa shape index (κ2) is 8.42. The van der Waals surface area contributed by atoms with Crippen molar-refractivity contribution < 1.29 is 4.79 Å². The van der Waals surface area contributed by atoms with Gasteiger partial charge in [-0.1, -0.05) is 62.3 Å². The summed E-state index contributed by atoms with van der Waals surface area (Å²) in [6, 6.07) is 0. The zero-order valence-corrected chi connectivity index (χ0v) is 9.78. The van der Waals surface area contributed by atoms with E-state index >= 15 is 0 Å². The molecule has 0 aromatic heterocycles. The zero-order chi connectivity index (χ0) is 12.4. The summed E-state index contributed by atoms with van der Waals surface area (Å²) < 4.78 is 0. The van der Waals surface area contributed by atoms with Gasteiger partial charge in [-0.25, -0.2) is 0 Å².